The number of benzene rings is 1. The molecule has 0 saturated heterocycles. The number of rotatable bonds is 3. The summed E-state index contributed by atoms with van der Waals surface area (Å²) in [5.74, 6) is 0.625. The van der Waals surface area contributed by atoms with Crippen LogP contribution < -0.4 is 4.73 Å². The normalized spacial score (nSPS) is 12.3. The molecule has 8 nitrogen and oxygen atoms in total. The molecule has 3 aromatic heterocycles. The van der Waals surface area contributed by atoms with Crippen molar-refractivity contribution in [1.29, 1.82) is 0 Å². The number of nitrogens with zero attached hydrogens (tertiary/aromatic N) is 5. The van der Waals surface area contributed by atoms with E-state index in [2.05, 4.69) is 15.1 Å². The molecule has 0 unspecified atom stereocenters. The van der Waals surface area contributed by atoms with Gasteiger partial charge in [0.05, 0.1) is 0 Å². The Kier molecular flexibility index (Phi) is 3.64. The topological polar surface area (TPSA) is 92.4 Å². The van der Waals surface area contributed by atoms with Crippen molar-refractivity contribution in [2.24, 2.45) is 0 Å². The second kappa shape index (κ2) is 5.65. The summed E-state index contributed by atoms with van der Waals surface area (Å²) in [6, 6.07) is 5.13. The quantitative estimate of drug-likeness (QED) is 0.405. The molecule has 0 N–H and O–H groups in total. The Morgan fingerprint density at radius 3 is 2.85 bits per heavy atom. The minimum absolute atomic E-state index is 0.295. The zero-order valence-electron chi connectivity index (χ0n) is 14.6. The number of hydrogen-bond acceptors (Lipinski definition) is 6. The van der Waals surface area contributed by atoms with Gasteiger partial charge in [0.15, 0.2) is 0 Å². The Morgan fingerprint density at radius 2 is 2.12 bits per heavy atom. The van der Waals surface area contributed by atoms with Crippen LogP contribution in [0.3, 0.4) is 0 Å². The van der Waals surface area contributed by atoms with E-state index in [9.17, 15) is 5.21 Å². The lowest BCUT2D eigenvalue weighted by Gasteiger charge is -2.16. The average molecular weight is 374 g/mol. The van der Waals surface area contributed by atoms with E-state index >= 15 is 0 Å². The highest BCUT2D eigenvalue weighted by Gasteiger charge is 2.29. The lowest BCUT2D eigenvalue weighted by Crippen LogP contribution is -2.32. The fraction of sp³-hybridized carbons (Fsp3) is 0.294. The summed E-state index contributed by atoms with van der Waals surface area (Å²) in [6.45, 7) is 5.36. The van der Waals surface area contributed by atoms with E-state index in [4.69, 9.17) is 20.9 Å². The van der Waals surface area contributed by atoms with Crippen LogP contribution in [0.2, 0.25) is 5.02 Å². The molecule has 26 heavy (non-hydrogen) atoms. The minimum atomic E-state index is -0.724. The third-order valence-corrected chi connectivity index (χ3v) is 4.73. The number of methoxy groups -OCH3 is 1. The minimum Gasteiger partial charge on any atom is -0.618 e. The van der Waals surface area contributed by atoms with Crippen molar-refractivity contribution in [3.8, 4) is 11.5 Å². The third-order valence-electron chi connectivity index (χ3n) is 4.49. The monoisotopic (exact) mass is 373 g/mol. The van der Waals surface area contributed by atoms with Crippen molar-refractivity contribution in [3.63, 3.8) is 0 Å². The first-order valence-corrected chi connectivity index (χ1v) is 8.29. The van der Waals surface area contributed by atoms with Crippen LogP contribution in [0.1, 0.15) is 25.4 Å². The maximum absolute atomic E-state index is 12.7. The Labute approximate surface area is 153 Å². The molecule has 0 aliphatic rings. The highest BCUT2D eigenvalue weighted by atomic mass is 35.5. The zero-order valence-corrected chi connectivity index (χ0v) is 15.4. The smallest absolute Gasteiger partial charge is 0.258 e. The van der Waals surface area contributed by atoms with Crippen LogP contribution in [0, 0.1) is 12.1 Å². The van der Waals surface area contributed by atoms with Crippen molar-refractivity contribution in [2.75, 3.05) is 7.11 Å². The van der Waals surface area contributed by atoms with Crippen LogP contribution in [0.15, 0.2) is 29.0 Å². The zero-order chi connectivity index (χ0) is 18.6. The summed E-state index contributed by atoms with van der Waals surface area (Å²) < 4.78 is 13.4. The molecule has 0 spiro atoms. The molecule has 9 heteroatoms. The first-order valence-electron chi connectivity index (χ1n) is 7.91. The predicted molar refractivity (Wildman–Crippen MR) is 94.7 cm³/mol. The van der Waals surface area contributed by atoms with E-state index in [0.717, 1.165) is 4.73 Å². The van der Waals surface area contributed by atoms with Gasteiger partial charge in [0.1, 0.15) is 28.7 Å². The summed E-state index contributed by atoms with van der Waals surface area (Å²) in [5, 5.41) is 17.2. The molecule has 0 fully saturated rings. The second-order valence-corrected chi connectivity index (χ2v) is 6.90. The Hall–Kier alpha value is -2.71. The van der Waals surface area contributed by atoms with Gasteiger partial charge in [0.2, 0.25) is 17.0 Å². The number of fused-ring (bicyclic) bond motifs is 3. The first-order chi connectivity index (χ1) is 12.3. The molecule has 134 valence electrons. The van der Waals surface area contributed by atoms with Gasteiger partial charge in [-0.15, -0.1) is 0 Å². The van der Waals surface area contributed by atoms with Gasteiger partial charge in [-0.25, -0.2) is 4.98 Å². The van der Waals surface area contributed by atoms with E-state index in [1.807, 2.05) is 18.2 Å². The van der Waals surface area contributed by atoms with Crippen molar-refractivity contribution >= 4 is 28.2 Å². The Morgan fingerprint density at radius 1 is 1.35 bits per heavy atom. The maximum atomic E-state index is 12.7. The second-order valence-electron chi connectivity index (χ2n) is 6.46. The highest BCUT2D eigenvalue weighted by molar-refractivity contribution is 6.31. The van der Waals surface area contributed by atoms with Gasteiger partial charge in [0, 0.05) is 25.1 Å². The van der Waals surface area contributed by atoms with Gasteiger partial charge < -0.3 is 14.5 Å². The standard InChI is InChI=1S/C17H16ClN5O3/c1-9-14-13(15-20-16(26-21-15)17(2,3)25-4)19-8-22(14)11-6-5-10(18)7-12(11)23(9)24/h5-8H,1-4H3. The molecular formula is C17H16ClN5O3. The fourth-order valence-corrected chi connectivity index (χ4v) is 3.00. The van der Waals surface area contributed by atoms with Crippen LogP contribution in [0.25, 0.3) is 28.1 Å². The number of imidazole rings is 1. The van der Waals surface area contributed by atoms with Gasteiger partial charge in [-0.3, -0.25) is 4.40 Å². The summed E-state index contributed by atoms with van der Waals surface area (Å²) in [4.78, 5) is 8.81. The molecule has 1 aromatic carbocycles. The molecular weight excluding hydrogens is 358 g/mol. The molecule has 0 aliphatic carbocycles. The van der Waals surface area contributed by atoms with Gasteiger partial charge in [-0.1, -0.05) is 16.8 Å². The van der Waals surface area contributed by atoms with Gasteiger partial charge in [0.25, 0.3) is 5.89 Å². The molecule has 4 rings (SSSR count). The molecule has 0 radical (unpaired) electrons. The molecule has 0 bridgehead atoms. The van der Waals surface area contributed by atoms with E-state index < -0.39 is 5.60 Å². The van der Waals surface area contributed by atoms with E-state index in [1.54, 1.807) is 38.6 Å². The average Bonchev–Trinajstić information content (AvgIpc) is 3.26. The highest BCUT2D eigenvalue weighted by Crippen LogP contribution is 2.29. The summed E-state index contributed by atoms with van der Waals surface area (Å²) in [6.07, 6.45) is 1.63. The molecule has 4 aromatic rings. The van der Waals surface area contributed by atoms with E-state index in [0.29, 0.717) is 44.7 Å². The van der Waals surface area contributed by atoms with Crippen molar-refractivity contribution < 1.29 is 14.0 Å². The van der Waals surface area contributed by atoms with Gasteiger partial charge in [-0.2, -0.15) is 9.71 Å². The number of ether oxygens (including phenoxy) is 1. The van der Waals surface area contributed by atoms with Crippen LogP contribution in [-0.2, 0) is 10.3 Å². The van der Waals surface area contributed by atoms with Gasteiger partial charge >= 0.3 is 0 Å². The third kappa shape index (κ3) is 2.33. The van der Waals surface area contributed by atoms with E-state index in [-0.39, 0.29) is 0 Å². The molecule has 0 atom stereocenters. The van der Waals surface area contributed by atoms with Crippen LogP contribution in [0.4, 0.5) is 0 Å². The Balaban J connectivity index is 1.99. The van der Waals surface area contributed by atoms with E-state index in [1.165, 1.54) is 0 Å². The summed E-state index contributed by atoms with van der Waals surface area (Å²) >= 11 is 6.03. The van der Waals surface area contributed by atoms with Crippen molar-refractivity contribution in [2.45, 2.75) is 26.4 Å². The molecule has 0 aliphatic heterocycles. The van der Waals surface area contributed by atoms with Gasteiger partial charge in [-0.05, 0) is 26.0 Å². The lowest BCUT2D eigenvalue weighted by atomic mass is 10.1. The lowest BCUT2D eigenvalue weighted by molar-refractivity contribution is -0.583. The maximum Gasteiger partial charge on any atom is 0.258 e. The number of aromatic nitrogens is 5. The first kappa shape index (κ1) is 16.7. The van der Waals surface area contributed by atoms with Crippen molar-refractivity contribution in [1.82, 2.24) is 19.5 Å². The van der Waals surface area contributed by atoms with Crippen molar-refractivity contribution in [3.05, 3.63) is 46.3 Å². The molecule has 3 heterocycles. The fourth-order valence-electron chi connectivity index (χ4n) is 2.83. The van der Waals surface area contributed by atoms with Crippen LogP contribution in [0.5, 0.6) is 0 Å². The number of aryl methyl sites for hydroxylation is 1. The SMILES string of the molecule is COC(C)(C)c1nc(-c2ncn3c2c(C)[n+]([O-])c2cc(Cl)ccc23)no1. The number of halogens is 1. The predicted octanol–water partition coefficient (Wildman–Crippen LogP) is 3.01. The summed E-state index contributed by atoms with van der Waals surface area (Å²) in [7, 11) is 1.57. The number of hydrogen-bond donors (Lipinski definition) is 0. The Bertz CT molecular complexity index is 1150. The van der Waals surface area contributed by atoms with Crippen LogP contribution >= 0.6 is 11.6 Å². The molecule has 0 amide bonds. The summed E-state index contributed by atoms with van der Waals surface area (Å²) in [5.41, 5.74) is 1.95. The molecule has 0 saturated carbocycles. The van der Waals surface area contributed by atoms with Crippen LogP contribution in [-0.4, -0.2) is 26.6 Å². The largest absolute Gasteiger partial charge is 0.618 e.